The molecule has 9 nitrogen and oxygen atoms in total. The van der Waals surface area contributed by atoms with Crippen LogP contribution < -0.4 is 10.6 Å². The van der Waals surface area contributed by atoms with Gasteiger partial charge in [0.25, 0.3) is 0 Å². The largest absolute Gasteiger partial charge is 0.381 e. The Morgan fingerprint density at radius 2 is 2.08 bits per heavy atom. The van der Waals surface area contributed by atoms with Crippen molar-refractivity contribution >= 4 is 42.2 Å². The van der Waals surface area contributed by atoms with Gasteiger partial charge in [-0.1, -0.05) is 17.0 Å². The maximum absolute atomic E-state index is 12.6. The van der Waals surface area contributed by atoms with E-state index in [2.05, 4.69) is 33.0 Å². The average Bonchev–Trinajstić information content (AvgIpc) is 3.08. The number of aromatic nitrogens is 6. The van der Waals surface area contributed by atoms with Crippen LogP contribution >= 0.6 is 12.6 Å². The fourth-order valence-electron chi connectivity index (χ4n) is 2.20. The molecular weight excluding hydrogens is 342 g/mol. The summed E-state index contributed by atoms with van der Waals surface area (Å²) in [6.07, 6.45) is 10.2. The van der Waals surface area contributed by atoms with E-state index in [1.165, 1.54) is 10.7 Å². The molecule has 0 amide bonds. The molecule has 0 unspecified atom stereocenters. The highest BCUT2D eigenvalue weighted by atomic mass is 32.1. The summed E-state index contributed by atoms with van der Waals surface area (Å²) in [5.74, 6) is -0.743. The number of fused-ring (bicyclic) bond motifs is 1. The number of nitrogens with zero attached hydrogens (tertiary/aromatic N) is 6. The summed E-state index contributed by atoms with van der Waals surface area (Å²) >= 11 is 4.18. The Hall–Kier alpha value is -3.14. The smallest absolute Gasteiger partial charge is 0.373 e. The monoisotopic (exact) mass is 357 g/mol. The number of carbonyl (C=O) groups is 1. The van der Waals surface area contributed by atoms with Gasteiger partial charge >= 0.3 is 5.97 Å². The number of thiol groups is 1. The molecule has 128 valence electrons. The SMILES string of the molecule is C/C=C\c1nnn(OC(=O)c2c(N)nn3cc(S)cnc23)c1/C=C\C. The van der Waals surface area contributed by atoms with E-state index in [4.69, 9.17) is 10.6 Å². The molecule has 3 heterocycles. The number of hydrogen-bond donors (Lipinski definition) is 2. The van der Waals surface area contributed by atoms with Crippen LogP contribution in [0, 0.1) is 0 Å². The third kappa shape index (κ3) is 3.11. The van der Waals surface area contributed by atoms with Crippen molar-refractivity contribution in [3.63, 3.8) is 0 Å². The highest BCUT2D eigenvalue weighted by Crippen LogP contribution is 2.18. The van der Waals surface area contributed by atoms with Gasteiger partial charge in [0.05, 0.1) is 0 Å². The van der Waals surface area contributed by atoms with Crippen molar-refractivity contribution in [2.45, 2.75) is 18.7 Å². The molecule has 0 saturated heterocycles. The number of allylic oxidation sites excluding steroid dienone is 2. The predicted molar refractivity (Wildman–Crippen MR) is 95.0 cm³/mol. The number of carbonyl (C=O) groups excluding carboxylic acids is 1. The molecule has 0 aromatic carbocycles. The lowest BCUT2D eigenvalue weighted by Gasteiger charge is -2.04. The standard InChI is InChI=1S/C15H15N7O2S/c1-3-5-10-11(6-4-2)22(20-18-10)24-15(23)12-13(16)19-21-8-9(25)7-17-14(12)21/h3-8,25H,1-2H3,(H2,16,19)/b5-3-,6-4-. The van der Waals surface area contributed by atoms with Gasteiger partial charge in [0, 0.05) is 17.3 Å². The summed E-state index contributed by atoms with van der Waals surface area (Å²) in [5, 5.41) is 11.9. The summed E-state index contributed by atoms with van der Waals surface area (Å²) in [4.78, 5) is 23.6. The topological polar surface area (TPSA) is 113 Å². The predicted octanol–water partition coefficient (Wildman–Crippen LogP) is 1.53. The maximum atomic E-state index is 12.6. The Labute approximate surface area is 148 Å². The number of nitrogen functional groups attached to an aromatic ring is 1. The molecule has 10 heteroatoms. The molecular formula is C15H15N7O2S. The van der Waals surface area contributed by atoms with Gasteiger partial charge in [-0.3, -0.25) is 0 Å². The minimum Gasteiger partial charge on any atom is -0.381 e. The van der Waals surface area contributed by atoms with Crippen LogP contribution in [0.1, 0.15) is 35.6 Å². The molecule has 3 aromatic rings. The van der Waals surface area contributed by atoms with E-state index < -0.39 is 5.97 Å². The molecule has 3 aromatic heterocycles. The zero-order valence-corrected chi connectivity index (χ0v) is 14.4. The van der Waals surface area contributed by atoms with Crippen molar-refractivity contribution in [2.75, 3.05) is 5.73 Å². The summed E-state index contributed by atoms with van der Waals surface area (Å²) in [5.41, 5.74) is 7.24. The van der Waals surface area contributed by atoms with Crippen molar-refractivity contribution < 1.29 is 9.63 Å². The van der Waals surface area contributed by atoms with Crippen molar-refractivity contribution in [3.05, 3.63) is 41.5 Å². The lowest BCUT2D eigenvalue weighted by atomic mass is 10.3. The van der Waals surface area contributed by atoms with Gasteiger partial charge in [-0.05, 0) is 31.2 Å². The average molecular weight is 357 g/mol. The van der Waals surface area contributed by atoms with Crippen LogP contribution in [-0.4, -0.2) is 35.7 Å². The number of nitrogens with two attached hydrogens (primary N) is 1. The lowest BCUT2D eigenvalue weighted by molar-refractivity contribution is 0.0383. The van der Waals surface area contributed by atoms with Crippen molar-refractivity contribution in [3.8, 4) is 0 Å². The van der Waals surface area contributed by atoms with Crippen LogP contribution in [0.25, 0.3) is 17.8 Å². The fraction of sp³-hybridized carbons (Fsp3) is 0.133. The molecule has 0 fully saturated rings. The number of rotatable bonds is 4. The summed E-state index contributed by atoms with van der Waals surface area (Å²) in [6.45, 7) is 3.69. The summed E-state index contributed by atoms with van der Waals surface area (Å²) in [7, 11) is 0. The van der Waals surface area contributed by atoms with Crippen LogP contribution in [0.15, 0.2) is 29.4 Å². The van der Waals surface area contributed by atoms with Crippen molar-refractivity contribution in [1.82, 2.24) is 29.8 Å². The van der Waals surface area contributed by atoms with E-state index in [9.17, 15) is 4.79 Å². The zero-order chi connectivity index (χ0) is 18.0. The normalized spacial score (nSPS) is 11.8. The Morgan fingerprint density at radius 3 is 2.80 bits per heavy atom. The second-order valence-corrected chi connectivity index (χ2v) is 5.47. The second-order valence-electron chi connectivity index (χ2n) is 4.95. The van der Waals surface area contributed by atoms with Gasteiger partial charge < -0.3 is 10.6 Å². The highest BCUT2D eigenvalue weighted by molar-refractivity contribution is 7.80. The van der Waals surface area contributed by atoms with Crippen molar-refractivity contribution in [1.29, 1.82) is 0 Å². The third-order valence-electron chi connectivity index (χ3n) is 3.21. The minimum atomic E-state index is -0.741. The highest BCUT2D eigenvalue weighted by Gasteiger charge is 2.23. The first-order chi connectivity index (χ1) is 12.0. The van der Waals surface area contributed by atoms with E-state index in [1.807, 2.05) is 19.9 Å². The second kappa shape index (κ2) is 6.77. The van der Waals surface area contributed by atoms with Gasteiger partial charge in [0.15, 0.2) is 17.0 Å². The van der Waals surface area contributed by atoms with E-state index in [1.54, 1.807) is 24.4 Å². The molecule has 3 rings (SSSR count). The van der Waals surface area contributed by atoms with Gasteiger partial charge in [-0.15, -0.1) is 22.8 Å². The first kappa shape index (κ1) is 16.7. The Morgan fingerprint density at radius 1 is 1.32 bits per heavy atom. The fourth-order valence-corrected chi connectivity index (χ4v) is 2.37. The summed E-state index contributed by atoms with van der Waals surface area (Å²) < 4.78 is 1.37. The van der Waals surface area contributed by atoms with E-state index >= 15 is 0 Å². The van der Waals surface area contributed by atoms with Gasteiger partial charge in [0.2, 0.25) is 0 Å². The Balaban J connectivity index is 2.00. The molecule has 0 bridgehead atoms. The van der Waals surface area contributed by atoms with Gasteiger partial charge in [-0.2, -0.15) is 0 Å². The van der Waals surface area contributed by atoms with Crippen molar-refractivity contribution in [2.24, 2.45) is 0 Å². The van der Waals surface area contributed by atoms with E-state index in [0.29, 0.717) is 16.3 Å². The van der Waals surface area contributed by atoms with Crippen LogP contribution in [0.3, 0.4) is 0 Å². The molecule has 0 saturated carbocycles. The minimum absolute atomic E-state index is 0.00203. The molecule has 0 aliphatic carbocycles. The quantitative estimate of drug-likeness (QED) is 0.538. The van der Waals surface area contributed by atoms with E-state index in [-0.39, 0.29) is 17.0 Å². The van der Waals surface area contributed by atoms with Crippen LogP contribution in [-0.2, 0) is 0 Å². The molecule has 25 heavy (non-hydrogen) atoms. The Bertz CT molecular complexity index is 1000. The van der Waals surface area contributed by atoms with Gasteiger partial charge in [0.1, 0.15) is 11.4 Å². The van der Waals surface area contributed by atoms with Crippen LogP contribution in [0.5, 0.6) is 0 Å². The van der Waals surface area contributed by atoms with E-state index in [0.717, 1.165) is 4.85 Å². The first-order valence-electron chi connectivity index (χ1n) is 7.31. The maximum Gasteiger partial charge on any atom is 0.373 e. The zero-order valence-electron chi connectivity index (χ0n) is 13.5. The molecule has 0 spiro atoms. The molecule has 0 radical (unpaired) electrons. The van der Waals surface area contributed by atoms with Gasteiger partial charge in [-0.25, -0.2) is 14.3 Å². The third-order valence-corrected chi connectivity index (χ3v) is 3.44. The summed E-state index contributed by atoms with van der Waals surface area (Å²) in [6, 6.07) is 0. The molecule has 0 aliphatic rings. The molecule has 0 atom stereocenters. The number of anilines is 1. The molecule has 2 N–H and O–H groups in total. The first-order valence-corrected chi connectivity index (χ1v) is 7.76. The number of hydrogen-bond acceptors (Lipinski definition) is 8. The van der Waals surface area contributed by atoms with Crippen LogP contribution in [0.4, 0.5) is 5.82 Å². The Kier molecular flexibility index (Phi) is 4.52. The molecule has 0 aliphatic heterocycles. The lowest BCUT2D eigenvalue weighted by Crippen LogP contribution is -2.23. The van der Waals surface area contributed by atoms with Crippen LogP contribution in [0.2, 0.25) is 0 Å².